The molecule has 10 atom stereocenters. The van der Waals surface area contributed by atoms with Gasteiger partial charge in [0.25, 0.3) is 0 Å². The summed E-state index contributed by atoms with van der Waals surface area (Å²) in [4.78, 5) is 11.7. The molecule has 4 fully saturated rings. The second-order valence-corrected chi connectivity index (χ2v) is 12.0. The molecule has 0 heterocycles. The number of carbonyl (C=O) groups is 1. The molecule has 0 aliphatic heterocycles. The van der Waals surface area contributed by atoms with Crippen molar-refractivity contribution in [3.05, 3.63) is 0 Å². The highest BCUT2D eigenvalue weighted by molar-refractivity contribution is 5.69. The Morgan fingerprint density at radius 1 is 1.07 bits per heavy atom. The Bertz CT molecular complexity index is 617. The van der Waals surface area contributed by atoms with Gasteiger partial charge in [-0.05, 0) is 104 Å². The molecule has 0 amide bonds. The van der Waals surface area contributed by atoms with Crippen LogP contribution >= 0.6 is 0 Å². The van der Waals surface area contributed by atoms with E-state index in [0.717, 1.165) is 24.7 Å². The minimum Gasteiger partial charge on any atom is -0.469 e. The van der Waals surface area contributed by atoms with Crippen molar-refractivity contribution in [2.45, 2.75) is 98.0 Å². The summed E-state index contributed by atoms with van der Waals surface area (Å²) in [5.74, 6) is 4.60. The van der Waals surface area contributed by atoms with E-state index >= 15 is 0 Å². The summed E-state index contributed by atoms with van der Waals surface area (Å²) in [5, 5.41) is 11.4. The molecule has 0 saturated heterocycles. The Kier molecular flexibility index (Phi) is 5.86. The van der Waals surface area contributed by atoms with Crippen molar-refractivity contribution in [1.82, 2.24) is 0 Å². The van der Waals surface area contributed by atoms with Crippen LogP contribution in [0.3, 0.4) is 0 Å². The first-order valence-corrected chi connectivity index (χ1v) is 12.5. The molecule has 29 heavy (non-hydrogen) atoms. The maximum Gasteiger partial charge on any atom is 0.305 e. The van der Waals surface area contributed by atoms with E-state index in [0.29, 0.717) is 46.8 Å². The van der Waals surface area contributed by atoms with E-state index in [1.807, 2.05) is 0 Å². The lowest BCUT2D eigenvalue weighted by Gasteiger charge is -2.62. The summed E-state index contributed by atoms with van der Waals surface area (Å²) in [6, 6.07) is 0. The predicted molar refractivity (Wildman–Crippen MR) is 116 cm³/mol. The van der Waals surface area contributed by atoms with E-state index in [9.17, 15) is 9.90 Å². The number of fused-ring (bicyclic) bond motifs is 5. The van der Waals surface area contributed by atoms with Crippen LogP contribution < -0.4 is 0 Å². The van der Waals surface area contributed by atoms with Gasteiger partial charge in [-0.1, -0.05) is 34.1 Å². The lowest BCUT2D eigenvalue weighted by molar-refractivity contribution is -0.168. The normalized spacial score (nSPS) is 50.2. The van der Waals surface area contributed by atoms with Gasteiger partial charge in [-0.15, -0.1) is 0 Å². The molecule has 4 saturated carbocycles. The van der Waals surface area contributed by atoms with Gasteiger partial charge in [0.15, 0.2) is 0 Å². The fraction of sp³-hybridized carbons (Fsp3) is 0.962. The van der Waals surface area contributed by atoms with Gasteiger partial charge in [-0.25, -0.2) is 0 Å². The average Bonchev–Trinajstić information content (AvgIpc) is 3.04. The highest BCUT2D eigenvalue weighted by Crippen LogP contribution is 2.68. The fourth-order valence-electron chi connectivity index (χ4n) is 9.06. The summed E-state index contributed by atoms with van der Waals surface area (Å²) in [5.41, 5.74) is 0.787. The molecule has 4 aliphatic rings. The summed E-state index contributed by atoms with van der Waals surface area (Å²) in [6.07, 6.45) is 11.7. The molecule has 3 nitrogen and oxygen atoms in total. The van der Waals surface area contributed by atoms with E-state index in [-0.39, 0.29) is 12.1 Å². The zero-order chi connectivity index (χ0) is 21.0. The van der Waals surface area contributed by atoms with Crippen LogP contribution in [0.4, 0.5) is 0 Å². The number of rotatable bonds is 4. The van der Waals surface area contributed by atoms with E-state index in [4.69, 9.17) is 4.74 Å². The van der Waals surface area contributed by atoms with E-state index in [2.05, 4.69) is 27.7 Å². The van der Waals surface area contributed by atoms with Crippen LogP contribution in [0.15, 0.2) is 0 Å². The predicted octanol–water partition coefficient (Wildman–Crippen LogP) is 5.84. The maximum absolute atomic E-state index is 11.7. The number of carbonyl (C=O) groups excluding carboxylic acids is 1. The van der Waals surface area contributed by atoms with Gasteiger partial charge in [0.05, 0.1) is 13.2 Å². The maximum atomic E-state index is 11.7. The van der Waals surface area contributed by atoms with Gasteiger partial charge in [-0.2, -0.15) is 0 Å². The molecule has 166 valence electrons. The van der Waals surface area contributed by atoms with Crippen LogP contribution in [0.2, 0.25) is 0 Å². The Morgan fingerprint density at radius 2 is 1.76 bits per heavy atom. The first-order valence-electron chi connectivity index (χ1n) is 12.5. The smallest absolute Gasteiger partial charge is 0.305 e. The van der Waals surface area contributed by atoms with Crippen LogP contribution in [0, 0.1) is 52.3 Å². The third-order valence-electron chi connectivity index (χ3n) is 10.7. The van der Waals surface area contributed by atoms with Gasteiger partial charge in [0.2, 0.25) is 0 Å². The van der Waals surface area contributed by atoms with Crippen molar-refractivity contribution >= 4 is 5.97 Å². The summed E-state index contributed by atoms with van der Waals surface area (Å²) < 4.78 is 4.88. The quantitative estimate of drug-likeness (QED) is 0.599. The van der Waals surface area contributed by atoms with Gasteiger partial charge in [0, 0.05) is 6.42 Å². The lowest BCUT2D eigenvalue weighted by atomic mass is 9.43. The SMILES string of the molecule is COC(=O)CC[C@@H](C)C1CCC2C3C(CC[C@@]21C)[C@@]1(C)CCC(C)C[C@@H]1C[C@H]3O. The third-order valence-corrected chi connectivity index (χ3v) is 10.7. The number of hydrogen-bond acceptors (Lipinski definition) is 3. The van der Waals surface area contributed by atoms with Gasteiger partial charge < -0.3 is 9.84 Å². The fourth-order valence-corrected chi connectivity index (χ4v) is 9.06. The number of hydrogen-bond donors (Lipinski definition) is 1. The Morgan fingerprint density at radius 3 is 2.48 bits per heavy atom. The minimum absolute atomic E-state index is 0.0755. The Balaban J connectivity index is 1.53. The second-order valence-electron chi connectivity index (χ2n) is 12.0. The van der Waals surface area contributed by atoms with Crippen molar-refractivity contribution in [1.29, 1.82) is 0 Å². The van der Waals surface area contributed by atoms with Crippen molar-refractivity contribution < 1.29 is 14.6 Å². The number of aliphatic hydroxyl groups is 1. The molecule has 0 radical (unpaired) electrons. The van der Waals surface area contributed by atoms with Crippen molar-refractivity contribution in [3.63, 3.8) is 0 Å². The van der Waals surface area contributed by atoms with Crippen LogP contribution in [0.25, 0.3) is 0 Å². The van der Waals surface area contributed by atoms with E-state index < -0.39 is 0 Å². The zero-order valence-electron chi connectivity index (χ0n) is 19.5. The molecule has 4 rings (SSSR count). The Labute approximate surface area is 178 Å². The molecule has 4 aliphatic carbocycles. The van der Waals surface area contributed by atoms with Crippen LogP contribution in [0.1, 0.15) is 91.9 Å². The monoisotopic (exact) mass is 404 g/mol. The number of aliphatic hydroxyl groups excluding tert-OH is 1. The van der Waals surface area contributed by atoms with Crippen LogP contribution in [0.5, 0.6) is 0 Å². The molecule has 0 spiro atoms. The summed E-state index contributed by atoms with van der Waals surface area (Å²) >= 11 is 0. The molecule has 1 N–H and O–H groups in total. The standard InChI is InChI=1S/C26H44O3/c1-16-10-12-25(3)18(14-16)15-22(27)24-20-8-7-19(17(2)6-9-23(28)29-5)26(20,4)13-11-21(24)25/h16-22,24,27H,6-15H2,1-5H3/t16?,17-,18-,19?,20?,21?,22-,24?,25+,26-/m1/s1. The summed E-state index contributed by atoms with van der Waals surface area (Å²) in [7, 11) is 1.49. The molecular weight excluding hydrogens is 360 g/mol. The van der Waals surface area contributed by atoms with Crippen molar-refractivity contribution in [2.24, 2.45) is 52.3 Å². The topological polar surface area (TPSA) is 46.5 Å². The molecule has 5 unspecified atom stereocenters. The Hall–Kier alpha value is -0.570. The van der Waals surface area contributed by atoms with Crippen molar-refractivity contribution in [2.75, 3.05) is 7.11 Å². The van der Waals surface area contributed by atoms with Crippen LogP contribution in [-0.4, -0.2) is 24.3 Å². The van der Waals surface area contributed by atoms with E-state index in [1.54, 1.807) is 0 Å². The first-order chi connectivity index (χ1) is 13.7. The number of esters is 1. The molecular formula is C26H44O3. The van der Waals surface area contributed by atoms with E-state index in [1.165, 1.54) is 52.1 Å². The van der Waals surface area contributed by atoms with Crippen molar-refractivity contribution in [3.8, 4) is 0 Å². The molecule has 0 aromatic heterocycles. The third kappa shape index (κ3) is 3.48. The van der Waals surface area contributed by atoms with Crippen LogP contribution in [-0.2, 0) is 9.53 Å². The highest BCUT2D eigenvalue weighted by Gasteiger charge is 2.62. The van der Waals surface area contributed by atoms with Gasteiger partial charge in [-0.3, -0.25) is 4.79 Å². The second kappa shape index (κ2) is 7.84. The minimum atomic E-state index is -0.0999. The molecule has 0 aromatic carbocycles. The highest BCUT2D eigenvalue weighted by atomic mass is 16.5. The molecule has 3 heteroatoms. The summed E-state index contributed by atoms with van der Waals surface area (Å²) in [6.45, 7) is 9.88. The van der Waals surface area contributed by atoms with Gasteiger partial charge >= 0.3 is 5.97 Å². The number of ether oxygens (including phenoxy) is 1. The number of methoxy groups -OCH3 is 1. The zero-order valence-corrected chi connectivity index (χ0v) is 19.5. The molecule has 0 bridgehead atoms. The van der Waals surface area contributed by atoms with Gasteiger partial charge in [0.1, 0.15) is 0 Å². The first kappa shape index (κ1) is 21.7. The lowest BCUT2D eigenvalue weighted by Crippen LogP contribution is -2.58. The molecule has 0 aromatic rings. The average molecular weight is 405 g/mol. The largest absolute Gasteiger partial charge is 0.469 e.